The van der Waals surface area contributed by atoms with Gasteiger partial charge in [0.05, 0.1) is 11.4 Å². The van der Waals surface area contributed by atoms with Gasteiger partial charge >= 0.3 is 0 Å². The molecule has 0 amide bonds. The molecule has 100 valence electrons. The topological polar surface area (TPSA) is 29.3 Å². The summed E-state index contributed by atoms with van der Waals surface area (Å²) < 4.78 is 0. The second-order valence-electron chi connectivity index (χ2n) is 5.78. The second kappa shape index (κ2) is 6.12. The average Bonchev–Trinajstić information content (AvgIpc) is 2.37. The van der Waals surface area contributed by atoms with Crippen molar-refractivity contribution in [3.8, 4) is 0 Å². The van der Waals surface area contributed by atoms with E-state index in [0.717, 1.165) is 18.2 Å². The van der Waals surface area contributed by atoms with E-state index in [1.54, 1.807) is 0 Å². The first kappa shape index (κ1) is 13.3. The first-order valence-corrected chi connectivity index (χ1v) is 7.24. The van der Waals surface area contributed by atoms with Gasteiger partial charge in [0.2, 0.25) is 0 Å². The van der Waals surface area contributed by atoms with Gasteiger partial charge in [0.15, 0.2) is 0 Å². The summed E-state index contributed by atoms with van der Waals surface area (Å²) in [5.41, 5.74) is 9.40. The Kier molecular flexibility index (Phi) is 4.51. The van der Waals surface area contributed by atoms with E-state index in [1.165, 1.54) is 49.8 Å². The van der Waals surface area contributed by atoms with Crippen molar-refractivity contribution in [1.29, 1.82) is 0 Å². The predicted molar refractivity (Wildman–Crippen MR) is 80.1 cm³/mol. The van der Waals surface area contributed by atoms with Crippen LogP contribution < -0.4 is 10.6 Å². The summed E-state index contributed by atoms with van der Waals surface area (Å²) in [6.45, 7) is 3.21. The van der Waals surface area contributed by atoms with E-state index in [0.29, 0.717) is 0 Å². The molecule has 1 aromatic carbocycles. The van der Waals surface area contributed by atoms with Crippen LogP contribution in [0.25, 0.3) is 0 Å². The molecule has 1 aromatic rings. The van der Waals surface area contributed by atoms with Gasteiger partial charge in [0, 0.05) is 13.6 Å². The summed E-state index contributed by atoms with van der Waals surface area (Å²) >= 11 is 0. The number of nitrogens with zero attached hydrogens (tertiary/aromatic N) is 1. The largest absolute Gasteiger partial charge is 0.397 e. The molecule has 0 radical (unpaired) electrons. The van der Waals surface area contributed by atoms with Crippen molar-refractivity contribution in [2.24, 2.45) is 5.92 Å². The van der Waals surface area contributed by atoms with Crippen molar-refractivity contribution in [1.82, 2.24) is 0 Å². The molecule has 2 nitrogen and oxygen atoms in total. The third-order valence-electron chi connectivity index (χ3n) is 4.19. The number of anilines is 2. The molecular formula is C16H26N2. The van der Waals surface area contributed by atoms with Crippen LogP contribution in [-0.2, 0) is 0 Å². The van der Waals surface area contributed by atoms with Crippen LogP contribution in [-0.4, -0.2) is 13.6 Å². The van der Waals surface area contributed by atoms with Crippen LogP contribution in [0.3, 0.4) is 0 Å². The molecule has 2 rings (SSSR count). The SMILES string of the molecule is Cc1ccc(N(C)CCC2CCCCC2)c(N)c1. The van der Waals surface area contributed by atoms with Crippen LogP contribution in [0.2, 0.25) is 0 Å². The molecule has 0 atom stereocenters. The Morgan fingerprint density at radius 2 is 1.94 bits per heavy atom. The molecule has 1 saturated carbocycles. The summed E-state index contributed by atoms with van der Waals surface area (Å²) in [6.07, 6.45) is 8.47. The third kappa shape index (κ3) is 3.41. The molecule has 18 heavy (non-hydrogen) atoms. The monoisotopic (exact) mass is 246 g/mol. The minimum absolute atomic E-state index is 0.904. The number of benzene rings is 1. The van der Waals surface area contributed by atoms with Crippen LogP contribution in [0.15, 0.2) is 18.2 Å². The van der Waals surface area contributed by atoms with Gasteiger partial charge in [0.25, 0.3) is 0 Å². The fraction of sp³-hybridized carbons (Fsp3) is 0.625. The maximum absolute atomic E-state index is 6.09. The molecule has 0 spiro atoms. The Morgan fingerprint density at radius 1 is 1.22 bits per heavy atom. The number of aryl methyl sites for hydroxylation is 1. The Hall–Kier alpha value is -1.18. The zero-order valence-corrected chi connectivity index (χ0v) is 11.8. The minimum atomic E-state index is 0.904. The standard InChI is InChI=1S/C16H26N2/c1-13-8-9-16(15(17)12-13)18(2)11-10-14-6-4-3-5-7-14/h8-9,12,14H,3-7,10-11,17H2,1-2H3. The van der Waals surface area contributed by atoms with E-state index in [-0.39, 0.29) is 0 Å². The van der Waals surface area contributed by atoms with Crippen molar-refractivity contribution in [3.05, 3.63) is 23.8 Å². The predicted octanol–water partition coefficient (Wildman–Crippen LogP) is 3.98. The number of nitrogen functional groups attached to an aromatic ring is 1. The molecule has 0 aliphatic heterocycles. The molecule has 0 heterocycles. The first-order chi connectivity index (χ1) is 8.66. The molecule has 1 fully saturated rings. The lowest BCUT2D eigenvalue weighted by molar-refractivity contribution is 0.341. The number of rotatable bonds is 4. The molecule has 2 N–H and O–H groups in total. The van der Waals surface area contributed by atoms with Crippen molar-refractivity contribution >= 4 is 11.4 Å². The lowest BCUT2D eigenvalue weighted by Crippen LogP contribution is -2.22. The van der Waals surface area contributed by atoms with Crippen LogP contribution in [0.4, 0.5) is 11.4 Å². The Morgan fingerprint density at radius 3 is 2.61 bits per heavy atom. The van der Waals surface area contributed by atoms with Gasteiger partial charge in [-0.1, -0.05) is 38.2 Å². The van der Waals surface area contributed by atoms with Crippen LogP contribution in [0, 0.1) is 12.8 Å². The van der Waals surface area contributed by atoms with E-state index in [2.05, 4.69) is 37.1 Å². The van der Waals surface area contributed by atoms with E-state index < -0.39 is 0 Å². The molecule has 1 aliphatic carbocycles. The molecule has 0 saturated heterocycles. The Balaban J connectivity index is 1.88. The second-order valence-corrected chi connectivity index (χ2v) is 5.78. The van der Waals surface area contributed by atoms with Gasteiger partial charge in [-0.05, 0) is 37.0 Å². The van der Waals surface area contributed by atoms with E-state index in [9.17, 15) is 0 Å². The fourth-order valence-corrected chi connectivity index (χ4v) is 2.99. The van der Waals surface area contributed by atoms with Crippen LogP contribution >= 0.6 is 0 Å². The molecule has 1 aliphatic rings. The molecule has 0 bridgehead atoms. The lowest BCUT2D eigenvalue weighted by atomic mass is 9.87. The van der Waals surface area contributed by atoms with E-state index in [1.807, 2.05) is 0 Å². The molecule has 0 unspecified atom stereocenters. The zero-order valence-electron chi connectivity index (χ0n) is 11.8. The smallest absolute Gasteiger partial charge is 0.0597 e. The minimum Gasteiger partial charge on any atom is -0.397 e. The van der Waals surface area contributed by atoms with Crippen molar-refractivity contribution in [2.75, 3.05) is 24.2 Å². The molecule has 2 heteroatoms. The number of hydrogen-bond donors (Lipinski definition) is 1. The highest BCUT2D eigenvalue weighted by atomic mass is 15.1. The van der Waals surface area contributed by atoms with Crippen molar-refractivity contribution in [2.45, 2.75) is 45.4 Å². The molecular weight excluding hydrogens is 220 g/mol. The summed E-state index contributed by atoms with van der Waals surface area (Å²) in [6, 6.07) is 6.35. The van der Waals surface area contributed by atoms with E-state index >= 15 is 0 Å². The van der Waals surface area contributed by atoms with Gasteiger partial charge in [-0.3, -0.25) is 0 Å². The average molecular weight is 246 g/mol. The Bertz CT molecular complexity index is 381. The van der Waals surface area contributed by atoms with Crippen molar-refractivity contribution in [3.63, 3.8) is 0 Å². The first-order valence-electron chi connectivity index (χ1n) is 7.24. The maximum Gasteiger partial charge on any atom is 0.0597 e. The quantitative estimate of drug-likeness (QED) is 0.814. The molecule has 0 aromatic heterocycles. The normalized spacial score (nSPS) is 16.8. The fourth-order valence-electron chi connectivity index (χ4n) is 2.99. The highest BCUT2D eigenvalue weighted by Gasteiger charge is 2.14. The van der Waals surface area contributed by atoms with Gasteiger partial charge < -0.3 is 10.6 Å². The van der Waals surface area contributed by atoms with E-state index in [4.69, 9.17) is 5.73 Å². The van der Waals surface area contributed by atoms with Gasteiger partial charge in [-0.2, -0.15) is 0 Å². The van der Waals surface area contributed by atoms with Crippen LogP contribution in [0.1, 0.15) is 44.1 Å². The van der Waals surface area contributed by atoms with Gasteiger partial charge in [0.1, 0.15) is 0 Å². The summed E-state index contributed by atoms with van der Waals surface area (Å²) in [4.78, 5) is 2.31. The highest BCUT2D eigenvalue weighted by Crippen LogP contribution is 2.28. The zero-order chi connectivity index (χ0) is 13.0. The van der Waals surface area contributed by atoms with Crippen LogP contribution in [0.5, 0.6) is 0 Å². The number of hydrogen-bond acceptors (Lipinski definition) is 2. The van der Waals surface area contributed by atoms with Gasteiger partial charge in [-0.15, -0.1) is 0 Å². The summed E-state index contributed by atoms with van der Waals surface area (Å²) in [5, 5.41) is 0. The van der Waals surface area contributed by atoms with Gasteiger partial charge in [-0.25, -0.2) is 0 Å². The maximum atomic E-state index is 6.09. The summed E-state index contributed by atoms with van der Waals surface area (Å²) in [5.74, 6) is 0.938. The Labute approximate surface area is 111 Å². The highest BCUT2D eigenvalue weighted by molar-refractivity contribution is 5.68. The lowest BCUT2D eigenvalue weighted by Gasteiger charge is -2.26. The summed E-state index contributed by atoms with van der Waals surface area (Å²) in [7, 11) is 2.16. The number of nitrogens with two attached hydrogens (primary N) is 1. The van der Waals surface area contributed by atoms with Crippen molar-refractivity contribution < 1.29 is 0 Å². The third-order valence-corrected chi connectivity index (χ3v) is 4.19.